The highest BCUT2D eigenvalue weighted by atomic mass is 19.3. The van der Waals surface area contributed by atoms with Crippen molar-refractivity contribution in [1.82, 2.24) is 4.90 Å². The van der Waals surface area contributed by atoms with Crippen LogP contribution >= 0.6 is 0 Å². The van der Waals surface area contributed by atoms with Crippen molar-refractivity contribution in [2.75, 3.05) is 44.1 Å². The molecule has 1 aromatic rings. The Bertz CT molecular complexity index is 729. The van der Waals surface area contributed by atoms with E-state index in [1.54, 1.807) is 0 Å². The molecule has 1 aromatic carbocycles. The average molecular weight is 386 g/mol. The van der Waals surface area contributed by atoms with Crippen LogP contribution in [0.5, 0.6) is 5.75 Å². The summed E-state index contributed by atoms with van der Waals surface area (Å²) in [5.41, 5.74) is 5.43. The van der Waals surface area contributed by atoms with Gasteiger partial charge in [-0.2, -0.15) is 8.78 Å². The Morgan fingerprint density at radius 3 is 2.63 bits per heavy atom. The first kappa shape index (κ1) is 20.5. The molecule has 27 heavy (non-hydrogen) atoms. The Balaban J connectivity index is 2.30. The minimum Gasteiger partial charge on any atom is -0.433 e. The molecule has 1 heterocycles. The molecular weight excluding hydrogens is 366 g/mol. The lowest BCUT2D eigenvalue weighted by atomic mass is 10.2. The largest absolute Gasteiger partial charge is 0.433 e. The van der Waals surface area contributed by atoms with Gasteiger partial charge in [-0.1, -0.05) is 0 Å². The van der Waals surface area contributed by atoms with Crippen LogP contribution in [0.15, 0.2) is 18.2 Å². The standard InChI is InChI=1S/C16H20F2N4O5/c1-21(2)13(14(19)24)15(25)20-9-3-4-10(11(7-9)27-16(17)18)22-5-6-26-8-12(22)23/h3-4,7,13,16H,5-6,8H2,1-2H3,(H2,19,24)(H,20,25)/t13-/m0/s1. The monoisotopic (exact) mass is 386 g/mol. The summed E-state index contributed by atoms with van der Waals surface area (Å²) in [5.74, 6) is -2.29. The molecular formula is C16H20F2N4O5. The second-order valence-electron chi connectivity index (χ2n) is 5.92. The number of alkyl halides is 2. The van der Waals surface area contributed by atoms with E-state index in [0.29, 0.717) is 0 Å². The van der Waals surface area contributed by atoms with E-state index in [9.17, 15) is 23.2 Å². The summed E-state index contributed by atoms with van der Waals surface area (Å²) in [6, 6.07) is 2.67. The number of likely N-dealkylation sites (N-methyl/N-ethyl adjacent to an activating group) is 1. The molecule has 0 aliphatic carbocycles. The Morgan fingerprint density at radius 1 is 1.37 bits per heavy atom. The number of nitrogens with zero attached hydrogens (tertiary/aromatic N) is 2. The zero-order chi connectivity index (χ0) is 20.1. The Hall–Kier alpha value is -2.79. The van der Waals surface area contributed by atoms with Gasteiger partial charge in [0.2, 0.25) is 5.91 Å². The van der Waals surface area contributed by atoms with Crippen molar-refractivity contribution in [2.45, 2.75) is 12.7 Å². The van der Waals surface area contributed by atoms with Gasteiger partial charge in [0.25, 0.3) is 11.8 Å². The minimum atomic E-state index is -3.13. The first-order chi connectivity index (χ1) is 12.7. The number of carbonyl (C=O) groups excluding carboxylic acids is 3. The molecule has 1 atom stereocenters. The van der Waals surface area contributed by atoms with Crippen LogP contribution in [0, 0.1) is 0 Å². The van der Waals surface area contributed by atoms with Gasteiger partial charge in [0.1, 0.15) is 6.61 Å². The first-order valence-electron chi connectivity index (χ1n) is 7.94. The van der Waals surface area contributed by atoms with Gasteiger partial charge in [-0.3, -0.25) is 19.3 Å². The molecule has 1 aliphatic heterocycles. The number of carbonyl (C=O) groups is 3. The first-order valence-corrected chi connectivity index (χ1v) is 7.94. The van der Waals surface area contributed by atoms with E-state index in [-0.39, 0.29) is 36.9 Å². The summed E-state index contributed by atoms with van der Waals surface area (Å²) in [5, 5.41) is 2.43. The topological polar surface area (TPSA) is 114 Å². The molecule has 0 spiro atoms. The lowest BCUT2D eigenvalue weighted by molar-refractivity contribution is -0.131. The second kappa shape index (κ2) is 8.73. The van der Waals surface area contributed by atoms with Crippen molar-refractivity contribution in [3.63, 3.8) is 0 Å². The van der Waals surface area contributed by atoms with Crippen LogP contribution in [0.2, 0.25) is 0 Å². The molecule has 3 N–H and O–H groups in total. The molecule has 0 saturated carbocycles. The van der Waals surface area contributed by atoms with Crippen LogP contribution in [0.3, 0.4) is 0 Å². The van der Waals surface area contributed by atoms with Gasteiger partial charge >= 0.3 is 6.61 Å². The third-order valence-electron chi connectivity index (χ3n) is 3.75. The van der Waals surface area contributed by atoms with Gasteiger partial charge < -0.3 is 25.4 Å². The van der Waals surface area contributed by atoms with Crippen LogP contribution in [0.4, 0.5) is 20.2 Å². The summed E-state index contributed by atoms with van der Waals surface area (Å²) < 4.78 is 35.1. The third-order valence-corrected chi connectivity index (χ3v) is 3.75. The Kier molecular flexibility index (Phi) is 6.64. The lowest BCUT2D eigenvalue weighted by Crippen LogP contribution is -2.48. The fourth-order valence-corrected chi connectivity index (χ4v) is 2.61. The number of primary amides is 1. The van der Waals surface area contributed by atoms with E-state index in [1.165, 1.54) is 36.0 Å². The lowest BCUT2D eigenvalue weighted by Gasteiger charge is -2.28. The highest BCUT2D eigenvalue weighted by Gasteiger charge is 2.28. The number of morpholine rings is 1. The number of nitrogens with two attached hydrogens (primary N) is 1. The Morgan fingerprint density at radius 2 is 2.07 bits per heavy atom. The summed E-state index contributed by atoms with van der Waals surface area (Å²) in [6.45, 7) is -2.88. The highest BCUT2D eigenvalue weighted by Crippen LogP contribution is 2.33. The average Bonchev–Trinajstić information content (AvgIpc) is 2.54. The predicted molar refractivity (Wildman–Crippen MR) is 91.5 cm³/mol. The number of benzene rings is 1. The van der Waals surface area contributed by atoms with Gasteiger partial charge in [-0.15, -0.1) is 0 Å². The fraction of sp³-hybridized carbons (Fsp3) is 0.438. The van der Waals surface area contributed by atoms with Crippen molar-refractivity contribution in [3.05, 3.63) is 18.2 Å². The summed E-state index contributed by atoms with van der Waals surface area (Å²) in [4.78, 5) is 38.2. The number of hydrogen-bond acceptors (Lipinski definition) is 6. The maximum Gasteiger partial charge on any atom is 0.387 e. The van der Waals surface area contributed by atoms with Gasteiger partial charge in [-0.25, -0.2) is 0 Å². The normalized spacial score (nSPS) is 15.8. The smallest absolute Gasteiger partial charge is 0.387 e. The molecule has 0 bridgehead atoms. The zero-order valence-electron chi connectivity index (χ0n) is 14.8. The minimum absolute atomic E-state index is 0.105. The molecule has 1 aliphatic rings. The van der Waals surface area contributed by atoms with Crippen LogP contribution in [-0.4, -0.2) is 69.1 Å². The maximum atomic E-state index is 12.8. The van der Waals surface area contributed by atoms with Crippen molar-refractivity contribution in [2.24, 2.45) is 5.73 Å². The van der Waals surface area contributed by atoms with Crippen LogP contribution in [0.1, 0.15) is 0 Å². The number of rotatable bonds is 7. The summed E-state index contributed by atoms with van der Waals surface area (Å²) in [7, 11) is 2.99. The van der Waals surface area contributed by atoms with Crippen molar-refractivity contribution < 1.29 is 32.6 Å². The van der Waals surface area contributed by atoms with E-state index in [0.717, 1.165) is 6.07 Å². The number of hydrogen-bond donors (Lipinski definition) is 2. The third kappa shape index (κ3) is 5.11. The number of anilines is 2. The number of ether oxygens (including phenoxy) is 2. The van der Waals surface area contributed by atoms with Gasteiger partial charge in [-0.05, 0) is 26.2 Å². The fourth-order valence-electron chi connectivity index (χ4n) is 2.61. The molecule has 0 unspecified atom stereocenters. The molecule has 3 amide bonds. The van der Waals surface area contributed by atoms with Crippen molar-refractivity contribution >= 4 is 29.1 Å². The summed E-state index contributed by atoms with van der Waals surface area (Å²) in [6.07, 6.45) is 0. The van der Waals surface area contributed by atoms with Crippen LogP contribution < -0.4 is 20.7 Å². The SMILES string of the molecule is CN(C)[C@@H](C(N)=O)C(=O)Nc1ccc(N2CCOCC2=O)c(OC(F)F)c1. The molecule has 0 aromatic heterocycles. The molecule has 2 rings (SSSR count). The van der Waals surface area contributed by atoms with E-state index in [4.69, 9.17) is 10.5 Å². The molecule has 1 fully saturated rings. The maximum absolute atomic E-state index is 12.8. The molecule has 148 valence electrons. The number of amides is 3. The van der Waals surface area contributed by atoms with Gasteiger partial charge in [0.05, 0.1) is 12.3 Å². The zero-order valence-corrected chi connectivity index (χ0v) is 14.8. The van der Waals surface area contributed by atoms with Crippen molar-refractivity contribution in [3.8, 4) is 5.75 Å². The van der Waals surface area contributed by atoms with Crippen LogP contribution in [0.25, 0.3) is 0 Å². The number of halogens is 2. The molecule has 9 nitrogen and oxygen atoms in total. The van der Waals surface area contributed by atoms with Gasteiger partial charge in [0.15, 0.2) is 11.8 Å². The van der Waals surface area contributed by atoms with E-state index >= 15 is 0 Å². The van der Waals surface area contributed by atoms with Gasteiger partial charge in [0, 0.05) is 18.3 Å². The molecule has 0 radical (unpaired) electrons. The predicted octanol–water partition coefficient (Wildman–Crippen LogP) is 0.00520. The summed E-state index contributed by atoms with van der Waals surface area (Å²) >= 11 is 0. The molecule has 1 saturated heterocycles. The second-order valence-corrected chi connectivity index (χ2v) is 5.92. The van der Waals surface area contributed by atoms with Crippen molar-refractivity contribution in [1.29, 1.82) is 0 Å². The van der Waals surface area contributed by atoms with E-state index < -0.39 is 30.4 Å². The Labute approximate surface area is 154 Å². The quantitative estimate of drug-likeness (QED) is 0.638. The van der Waals surface area contributed by atoms with E-state index in [1.807, 2.05) is 0 Å². The molecule has 11 heteroatoms. The van der Waals surface area contributed by atoms with Crippen LogP contribution in [-0.2, 0) is 19.1 Å². The highest BCUT2D eigenvalue weighted by molar-refractivity contribution is 6.09. The van der Waals surface area contributed by atoms with E-state index in [2.05, 4.69) is 10.1 Å². The number of nitrogens with one attached hydrogen (secondary N) is 1.